The summed E-state index contributed by atoms with van der Waals surface area (Å²) in [7, 11) is 0. The lowest BCUT2D eigenvalue weighted by Crippen LogP contribution is -2.59. The molecule has 0 radical (unpaired) electrons. The van der Waals surface area contributed by atoms with E-state index in [0.717, 1.165) is 29.3 Å². The van der Waals surface area contributed by atoms with Crippen LogP contribution in [0.15, 0.2) is 24.4 Å². The average molecular weight is 464 g/mol. The summed E-state index contributed by atoms with van der Waals surface area (Å²) in [4.78, 5) is 19.3. The van der Waals surface area contributed by atoms with Crippen molar-refractivity contribution in [1.29, 1.82) is 0 Å². The molecule has 33 heavy (non-hydrogen) atoms. The number of imidazole rings is 1. The number of aryl methyl sites for hydroxylation is 1. The summed E-state index contributed by atoms with van der Waals surface area (Å²) < 4.78 is 17.8. The number of nitrogen functional groups attached to an aromatic ring is 1. The highest BCUT2D eigenvalue weighted by atomic mass is 32.1. The fraction of sp³-hybridized carbons (Fsp3) is 0.417. The lowest BCUT2D eigenvalue weighted by molar-refractivity contribution is 0.0362. The molecule has 4 aromatic heterocycles. The van der Waals surface area contributed by atoms with E-state index in [1.54, 1.807) is 0 Å². The van der Waals surface area contributed by atoms with Crippen LogP contribution in [0.3, 0.4) is 0 Å². The average Bonchev–Trinajstić information content (AvgIpc) is 3.24. The van der Waals surface area contributed by atoms with Gasteiger partial charge in [-0.3, -0.25) is 4.98 Å². The summed E-state index contributed by atoms with van der Waals surface area (Å²) in [5, 5.41) is 3.37. The van der Waals surface area contributed by atoms with Crippen molar-refractivity contribution in [1.82, 2.24) is 29.8 Å². The van der Waals surface area contributed by atoms with Crippen molar-refractivity contribution in [2.24, 2.45) is 5.41 Å². The second kappa shape index (κ2) is 7.30. The van der Waals surface area contributed by atoms with Gasteiger partial charge in [-0.25, -0.2) is 19.3 Å². The van der Waals surface area contributed by atoms with Gasteiger partial charge in [0.2, 0.25) is 5.95 Å². The summed E-state index contributed by atoms with van der Waals surface area (Å²) in [6.07, 6.45) is 4.24. The highest BCUT2D eigenvalue weighted by Gasteiger charge is 2.48. The molecule has 7 nitrogen and oxygen atoms in total. The predicted molar refractivity (Wildman–Crippen MR) is 129 cm³/mol. The van der Waals surface area contributed by atoms with Crippen LogP contribution in [0.25, 0.3) is 32.3 Å². The van der Waals surface area contributed by atoms with E-state index in [1.165, 1.54) is 29.7 Å². The molecule has 0 unspecified atom stereocenters. The molecule has 1 aliphatic carbocycles. The summed E-state index contributed by atoms with van der Waals surface area (Å²) >= 11 is 1.47. The summed E-state index contributed by atoms with van der Waals surface area (Å²) in [6.45, 7) is 8.44. The molecule has 170 valence electrons. The van der Waals surface area contributed by atoms with Crippen LogP contribution in [0.5, 0.6) is 0 Å². The van der Waals surface area contributed by atoms with E-state index in [1.807, 2.05) is 31.3 Å². The van der Waals surface area contributed by atoms with Crippen molar-refractivity contribution < 1.29 is 4.39 Å². The van der Waals surface area contributed by atoms with Crippen molar-refractivity contribution in [3.05, 3.63) is 41.6 Å². The van der Waals surface area contributed by atoms with E-state index in [0.29, 0.717) is 21.9 Å². The molecule has 5 heterocycles. The molecule has 1 aliphatic heterocycles. The Morgan fingerprint density at radius 3 is 2.58 bits per heavy atom. The van der Waals surface area contributed by atoms with E-state index >= 15 is 4.39 Å². The third-order valence-corrected chi connectivity index (χ3v) is 8.15. The van der Waals surface area contributed by atoms with Crippen LogP contribution in [-0.2, 0) is 0 Å². The number of nitrogens with zero attached hydrogens (tertiary/aromatic N) is 5. The van der Waals surface area contributed by atoms with Crippen LogP contribution in [0.4, 0.5) is 10.3 Å². The minimum Gasteiger partial charge on any atom is -0.368 e. The van der Waals surface area contributed by atoms with Crippen molar-refractivity contribution in [2.75, 3.05) is 18.8 Å². The number of hydrogen-bond acceptors (Lipinski definition) is 7. The smallest absolute Gasteiger partial charge is 0.221 e. The second-order valence-electron chi connectivity index (χ2n) is 9.70. The molecule has 4 aromatic rings. The zero-order valence-electron chi connectivity index (χ0n) is 18.9. The Morgan fingerprint density at radius 2 is 1.94 bits per heavy atom. The first-order valence-corrected chi connectivity index (χ1v) is 12.1. The van der Waals surface area contributed by atoms with E-state index in [2.05, 4.69) is 43.7 Å². The predicted octanol–water partition coefficient (Wildman–Crippen LogP) is 4.69. The van der Waals surface area contributed by atoms with E-state index < -0.39 is 5.82 Å². The highest BCUT2D eigenvalue weighted by Crippen LogP contribution is 2.53. The van der Waals surface area contributed by atoms with Crippen molar-refractivity contribution >= 4 is 27.6 Å². The Morgan fingerprint density at radius 1 is 1.18 bits per heavy atom. The lowest BCUT2D eigenvalue weighted by Gasteiger charge is -2.54. The van der Waals surface area contributed by atoms with Gasteiger partial charge in [-0.15, -0.1) is 11.3 Å². The van der Waals surface area contributed by atoms with Gasteiger partial charge in [0.25, 0.3) is 0 Å². The van der Waals surface area contributed by atoms with Crippen LogP contribution in [-0.4, -0.2) is 37.6 Å². The van der Waals surface area contributed by atoms with Gasteiger partial charge in [0.15, 0.2) is 5.82 Å². The maximum atomic E-state index is 15.6. The molecular formula is C24H26FN7S. The third kappa shape index (κ3) is 3.25. The van der Waals surface area contributed by atoms with Crippen molar-refractivity contribution in [3.63, 3.8) is 0 Å². The number of rotatable bonds is 4. The Hall–Kier alpha value is -2.91. The van der Waals surface area contributed by atoms with Crippen molar-refractivity contribution in [2.45, 2.75) is 45.6 Å². The molecule has 2 fully saturated rings. The Labute approximate surface area is 195 Å². The molecule has 3 N–H and O–H groups in total. The molecule has 0 atom stereocenters. The number of pyridine rings is 1. The zero-order valence-corrected chi connectivity index (χ0v) is 19.7. The first-order chi connectivity index (χ1) is 15.8. The first kappa shape index (κ1) is 20.7. The van der Waals surface area contributed by atoms with Gasteiger partial charge >= 0.3 is 0 Å². The summed E-state index contributed by atoms with van der Waals surface area (Å²) in [6, 6.07) is 6.02. The topological polar surface area (TPSA) is 94.5 Å². The number of thiophene rings is 1. The normalized spacial score (nSPS) is 17.6. The van der Waals surface area contributed by atoms with Crippen molar-refractivity contribution in [3.8, 4) is 22.0 Å². The van der Waals surface area contributed by atoms with Gasteiger partial charge in [0.1, 0.15) is 27.6 Å². The maximum absolute atomic E-state index is 15.6. The van der Waals surface area contributed by atoms with Gasteiger partial charge in [-0.05, 0) is 62.6 Å². The number of anilines is 1. The largest absolute Gasteiger partial charge is 0.368 e. The number of hydrogen-bond donors (Lipinski definition) is 2. The molecule has 1 saturated carbocycles. The molecule has 6 rings (SSSR count). The molecule has 2 aliphatic rings. The van der Waals surface area contributed by atoms with Gasteiger partial charge in [0.05, 0.1) is 10.6 Å². The number of fused-ring (bicyclic) bond motifs is 1. The maximum Gasteiger partial charge on any atom is 0.221 e. The molecule has 9 heteroatoms. The van der Waals surface area contributed by atoms with Gasteiger partial charge < -0.3 is 15.6 Å². The monoisotopic (exact) mass is 463 g/mol. The summed E-state index contributed by atoms with van der Waals surface area (Å²) in [5.41, 5.74) is 9.32. The quantitative estimate of drug-likeness (QED) is 0.456. The van der Waals surface area contributed by atoms with E-state index in [-0.39, 0.29) is 23.4 Å². The minimum atomic E-state index is -0.510. The SMILES string of the molecule is Cc1nc2cc(-c3nc(N)nc(-c4ccc(C5CC6(CNC6)C5)cn4)c3F)sc2n1C(C)C. The first-order valence-electron chi connectivity index (χ1n) is 11.3. The second-order valence-corrected chi connectivity index (χ2v) is 10.7. The number of aromatic nitrogens is 5. The lowest BCUT2D eigenvalue weighted by atomic mass is 9.57. The molecule has 0 aromatic carbocycles. The molecule has 0 amide bonds. The Bertz CT molecular complexity index is 1360. The van der Waals surface area contributed by atoms with Crippen LogP contribution < -0.4 is 11.1 Å². The zero-order chi connectivity index (χ0) is 22.9. The van der Waals surface area contributed by atoms with E-state index in [9.17, 15) is 0 Å². The number of nitrogens with two attached hydrogens (primary N) is 1. The molecular weight excluding hydrogens is 437 g/mol. The Kier molecular flexibility index (Phi) is 4.57. The standard InChI is InChI=1S/C24H26FN7S/c1-12(2)32-13(3)29-17-6-18(33-22(17)32)21-19(25)20(30-23(26)31-21)16-5-4-14(9-28-16)15-7-24(8-15)10-27-11-24/h4-6,9,12,15,27H,7-8,10-11H2,1-3H3,(H2,26,30,31). The highest BCUT2D eigenvalue weighted by molar-refractivity contribution is 7.21. The molecule has 1 spiro atoms. The Balaban J connectivity index is 1.34. The summed E-state index contributed by atoms with van der Waals surface area (Å²) in [5.74, 6) is 0.992. The van der Waals surface area contributed by atoms with Gasteiger partial charge in [-0.1, -0.05) is 6.07 Å². The van der Waals surface area contributed by atoms with E-state index in [4.69, 9.17) is 5.73 Å². The van der Waals surface area contributed by atoms with Crippen LogP contribution in [0.2, 0.25) is 0 Å². The third-order valence-electron chi connectivity index (χ3n) is 7.02. The van der Waals surface area contributed by atoms with Crippen LogP contribution in [0.1, 0.15) is 50.0 Å². The van der Waals surface area contributed by atoms with Gasteiger partial charge in [0, 0.05) is 25.3 Å². The van der Waals surface area contributed by atoms with Crippen LogP contribution >= 0.6 is 11.3 Å². The minimum absolute atomic E-state index is 0.0275. The molecule has 0 bridgehead atoms. The number of nitrogens with one attached hydrogen (secondary N) is 1. The van der Waals surface area contributed by atoms with Gasteiger partial charge in [-0.2, -0.15) is 0 Å². The number of halogens is 1. The fourth-order valence-electron chi connectivity index (χ4n) is 5.30. The molecule has 1 saturated heterocycles. The fourth-order valence-corrected chi connectivity index (χ4v) is 6.56. The van der Waals surface area contributed by atoms with Crippen LogP contribution in [0, 0.1) is 18.2 Å².